The molecule has 21 heavy (non-hydrogen) atoms. The van der Waals surface area contributed by atoms with Crippen LogP contribution in [-0.2, 0) is 0 Å². The van der Waals surface area contributed by atoms with Crippen LogP contribution >= 0.6 is 11.3 Å². The fourth-order valence-electron chi connectivity index (χ4n) is 1.98. The van der Waals surface area contributed by atoms with Crippen LogP contribution in [0.15, 0.2) is 88.4 Å². The van der Waals surface area contributed by atoms with Crippen LogP contribution in [0.3, 0.4) is 0 Å². The van der Waals surface area contributed by atoms with Gasteiger partial charge in [0.05, 0.1) is 6.21 Å². The molecule has 102 valence electrons. The molecule has 0 radical (unpaired) electrons. The lowest BCUT2D eigenvalue weighted by Crippen LogP contribution is -2.02. The Morgan fingerprint density at radius 1 is 0.762 bits per heavy atom. The monoisotopic (exact) mass is 290 g/mol. The molecule has 0 N–H and O–H groups in total. The van der Waals surface area contributed by atoms with Crippen LogP contribution in [0.4, 0.5) is 0 Å². The smallest absolute Gasteiger partial charge is 0.100 e. The molecule has 0 spiro atoms. The maximum Gasteiger partial charge on any atom is 0.100 e. The molecule has 0 saturated heterocycles. The van der Waals surface area contributed by atoms with E-state index < -0.39 is 0 Å². The van der Waals surface area contributed by atoms with Crippen molar-refractivity contribution in [1.29, 1.82) is 0 Å². The first kappa shape index (κ1) is 13.5. The Morgan fingerprint density at radius 3 is 1.90 bits per heavy atom. The highest BCUT2D eigenvalue weighted by Gasteiger charge is 2.05. The van der Waals surface area contributed by atoms with Crippen LogP contribution in [-0.4, -0.2) is 11.9 Å². The Balaban J connectivity index is 1.97. The maximum atomic E-state index is 4.43. The van der Waals surface area contributed by atoms with E-state index in [-0.39, 0.29) is 0 Å². The van der Waals surface area contributed by atoms with E-state index in [1.807, 2.05) is 78.2 Å². The van der Waals surface area contributed by atoms with Gasteiger partial charge in [-0.25, -0.2) is 0 Å². The van der Waals surface area contributed by atoms with Crippen LogP contribution < -0.4 is 0 Å². The molecule has 0 aliphatic heterocycles. The number of hydrogen-bond donors (Lipinski definition) is 0. The van der Waals surface area contributed by atoms with Gasteiger partial charge in [0.25, 0.3) is 0 Å². The first-order valence-electron chi connectivity index (χ1n) is 6.69. The fraction of sp³-hybridized carbons (Fsp3) is 0. The zero-order valence-corrected chi connectivity index (χ0v) is 12.2. The summed E-state index contributed by atoms with van der Waals surface area (Å²) >= 11 is 1.65. The van der Waals surface area contributed by atoms with Gasteiger partial charge < -0.3 is 0 Å². The van der Waals surface area contributed by atoms with Gasteiger partial charge in [-0.2, -0.15) is 5.10 Å². The number of nitrogens with zero attached hydrogens (tertiary/aromatic N) is 2. The normalized spacial score (nSPS) is 10.7. The first-order chi connectivity index (χ1) is 10.4. The second kappa shape index (κ2) is 6.77. The molecule has 2 aromatic carbocycles. The maximum absolute atomic E-state index is 4.43. The molecule has 2 nitrogen and oxygen atoms in total. The summed E-state index contributed by atoms with van der Waals surface area (Å²) in [6.45, 7) is 0. The van der Waals surface area contributed by atoms with Crippen LogP contribution in [0.25, 0.3) is 0 Å². The number of benzene rings is 2. The highest BCUT2D eigenvalue weighted by atomic mass is 32.1. The van der Waals surface area contributed by atoms with Gasteiger partial charge in [0.15, 0.2) is 0 Å². The average molecular weight is 290 g/mol. The van der Waals surface area contributed by atoms with Crippen molar-refractivity contribution in [2.45, 2.75) is 0 Å². The summed E-state index contributed by atoms with van der Waals surface area (Å²) in [5.74, 6) is 0. The Bertz CT molecular complexity index is 688. The van der Waals surface area contributed by atoms with Crippen molar-refractivity contribution >= 4 is 23.3 Å². The van der Waals surface area contributed by atoms with Gasteiger partial charge in [0.2, 0.25) is 0 Å². The molecule has 0 bridgehead atoms. The lowest BCUT2D eigenvalue weighted by molar-refractivity contribution is 1.25. The third-order valence-electron chi connectivity index (χ3n) is 2.98. The molecule has 0 aliphatic carbocycles. The Labute approximate surface area is 128 Å². The molecule has 1 heterocycles. The molecule has 3 rings (SSSR count). The molecule has 0 amide bonds. The lowest BCUT2D eigenvalue weighted by Gasteiger charge is -2.04. The van der Waals surface area contributed by atoms with Crippen molar-refractivity contribution in [3.8, 4) is 0 Å². The minimum absolute atomic E-state index is 0.879. The third kappa shape index (κ3) is 3.52. The minimum atomic E-state index is 0.879. The van der Waals surface area contributed by atoms with Crippen molar-refractivity contribution in [2.24, 2.45) is 10.2 Å². The second-order valence-corrected chi connectivity index (χ2v) is 5.42. The molecule has 0 saturated carbocycles. The molecule has 3 heteroatoms. The molecule has 0 atom stereocenters. The van der Waals surface area contributed by atoms with E-state index >= 15 is 0 Å². The van der Waals surface area contributed by atoms with Crippen LogP contribution in [0.1, 0.15) is 16.0 Å². The predicted molar refractivity (Wildman–Crippen MR) is 90.4 cm³/mol. The standard InChI is InChI=1S/C18H14N2S/c1-3-8-15(9-4-1)18(16-10-5-2-6-11-16)20-19-14-17-12-7-13-21-17/h1-14H/b19-14-. The van der Waals surface area contributed by atoms with Crippen molar-refractivity contribution in [2.75, 3.05) is 0 Å². The summed E-state index contributed by atoms with van der Waals surface area (Å²) in [6, 6.07) is 24.3. The largest absolute Gasteiger partial charge is 0.157 e. The highest BCUT2D eigenvalue weighted by molar-refractivity contribution is 7.11. The molecule has 0 fully saturated rings. The first-order valence-corrected chi connectivity index (χ1v) is 7.57. The molecule has 0 aliphatic rings. The molecule has 1 aromatic heterocycles. The zero-order chi connectivity index (χ0) is 14.3. The van der Waals surface area contributed by atoms with E-state index in [0.29, 0.717) is 0 Å². The molecule has 0 unspecified atom stereocenters. The summed E-state index contributed by atoms with van der Waals surface area (Å²) < 4.78 is 0. The Kier molecular flexibility index (Phi) is 4.34. The van der Waals surface area contributed by atoms with Gasteiger partial charge in [0, 0.05) is 16.0 Å². The summed E-state index contributed by atoms with van der Waals surface area (Å²) in [4.78, 5) is 1.10. The molecule has 3 aromatic rings. The van der Waals surface area contributed by atoms with Gasteiger partial charge in [0.1, 0.15) is 5.71 Å². The van der Waals surface area contributed by atoms with E-state index in [2.05, 4.69) is 10.2 Å². The topological polar surface area (TPSA) is 24.7 Å². The fourth-order valence-corrected chi connectivity index (χ4v) is 2.56. The van der Waals surface area contributed by atoms with Gasteiger partial charge >= 0.3 is 0 Å². The summed E-state index contributed by atoms with van der Waals surface area (Å²) in [5, 5.41) is 10.7. The van der Waals surface area contributed by atoms with E-state index in [1.165, 1.54) is 0 Å². The number of thiophene rings is 1. The SMILES string of the molecule is C(=N/N=C(c1ccccc1)c1ccccc1)/c1cccs1. The lowest BCUT2D eigenvalue weighted by atomic mass is 10.0. The van der Waals surface area contributed by atoms with Gasteiger partial charge in [-0.05, 0) is 11.4 Å². The van der Waals surface area contributed by atoms with Crippen molar-refractivity contribution in [3.63, 3.8) is 0 Å². The average Bonchev–Trinajstić information content (AvgIpc) is 3.07. The van der Waals surface area contributed by atoms with Crippen LogP contribution in [0, 0.1) is 0 Å². The van der Waals surface area contributed by atoms with E-state index in [1.54, 1.807) is 17.6 Å². The van der Waals surface area contributed by atoms with Crippen LogP contribution in [0.5, 0.6) is 0 Å². The summed E-state index contributed by atoms with van der Waals surface area (Å²) in [7, 11) is 0. The highest BCUT2D eigenvalue weighted by Crippen LogP contribution is 2.11. The van der Waals surface area contributed by atoms with Gasteiger partial charge in [-0.1, -0.05) is 66.7 Å². The van der Waals surface area contributed by atoms with Gasteiger partial charge in [-0.3, -0.25) is 0 Å². The summed E-state index contributed by atoms with van der Waals surface area (Å²) in [5.41, 5.74) is 3.00. The van der Waals surface area contributed by atoms with Crippen molar-refractivity contribution in [1.82, 2.24) is 0 Å². The van der Waals surface area contributed by atoms with Crippen LogP contribution in [0.2, 0.25) is 0 Å². The van der Waals surface area contributed by atoms with E-state index in [4.69, 9.17) is 0 Å². The number of hydrogen-bond acceptors (Lipinski definition) is 3. The molecular weight excluding hydrogens is 276 g/mol. The molecular formula is C18H14N2S. The number of rotatable bonds is 4. The predicted octanol–water partition coefficient (Wildman–Crippen LogP) is 4.62. The van der Waals surface area contributed by atoms with Gasteiger partial charge in [-0.15, -0.1) is 16.4 Å². The minimum Gasteiger partial charge on any atom is -0.157 e. The summed E-state index contributed by atoms with van der Waals surface area (Å²) in [6.07, 6.45) is 1.79. The quantitative estimate of drug-likeness (QED) is 0.495. The Hall–Kier alpha value is -2.52. The third-order valence-corrected chi connectivity index (χ3v) is 3.79. The Morgan fingerprint density at radius 2 is 1.38 bits per heavy atom. The second-order valence-electron chi connectivity index (χ2n) is 4.44. The zero-order valence-electron chi connectivity index (χ0n) is 11.4. The van der Waals surface area contributed by atoms with Crippen molar-refractivity contribution < 1.29 is 0 Å². The van der Waals surface area contributed by atoms with E-state index in [0.717, 1.165) is 21.7 Å². The van der Waals surface area contributed by atoms with Crippen molar-refractivity contribution in [3.05, 3.63) is 94.2 Å². The van der Waals surface area contributed by atoms with E-state index in [9.17, 15) is 0 Å².